The molecule has 0 saturated heterocycles. The van der Waals surface area contributed by atoms with Gasteiger partial charge in [-0.15, -0.1) is 0 Å². The molecule has 0 spiro atoms. The number of benzene rings is 1. The smallest absolute Gasteiger partial charge is 0.115 e. The van der Waals surface area contributed by atoms with Crippen LogP contribution >= 0.6 is 0 Å². The molecule has 0 aliphatic heterocycles. The highest BCUT2D eigenvalue weighted by atomic mass is 16.3. The number of hydrogen-bond donors (Lipinski definition) is 2. The summed E-state index contributed by atoms with van der Waals surface area (Å²) in [6, 6.07) is 7.40. The third-order valence-corrected chi connectivity index (χ3v) is 1.95. The van der Waals surface area contributed by atoms with E-state index in [0.717, 1.165) is 6.54 Å². The van der Waals surface area contributed by atoms with E-state index in [1.807, 2.05) is 25.2 Å². The van der Waals surface area contributed by atoms with E-state index in [1.165, 1.54) is 5.56 Å². The van der Waals surface area contributed by atoms with Crippen LogP contribution in [-0.2, 0) is 0 Å². The SMILES string of the molecule is CNCC(C)c1cccc(O)c1. The number of phenols is 1. The Morgan fingerprint density at radius 3 is 2.83 bits per heavy atom. The van der Waals surface area contributed by atoms with Crippen molar-refractivity contribution in [2.24, 2.45) is 0 Å². The summed E-state index contributed by atoms with van der Waals surface area (Å²) in [5.41, 5.74) is 1.17. The first kappa shape index (κ1) is 9.07. The van der Waals surface area contributed by atoms with Crippen LogP contribution in [0, 0.1) is 0 Å². The third-order valence-electron chi connectivity index (χ3n) is 1.95. The van der Waals surface area contributed by atoms with Crippen LogP contribution in [-0.4, -0.2) is 18.7 Å². The largest absolute Gasteiger partial charge is 0.508 e. The average molecular weight is 165 g/mol. The maximum Gasteiger partial charge on any atom is 0.115 e. The Morgan fingerprint density at radius 2 is 2.25 bits per heavy atom. The molecule has 1 rings (SSSR count). The summed E-state index contributed by atoms with van der Waals surface area (Å²) in [6.07, 6.45) is 0. The fourth-order valence-electron chi connectivity index (χ4n) is 1.26. The third kappa shape index (κ3) is 2.24. The number of phenolic OH excluding ortho intramolecular Hbond substituents is 1. The van der Waals surface area contributed by atoms with E-state index in [9.17, 15) is 5.11 Å². The van der Waals surface area contributed by atoms with E-state index in [0.29, 0.717) is 11.7 Å². The molecule has 1 aromatic rings. The van der Waals surface area contributed by atoms with Gasteiger partial charge in [0.25, 0.3) is 0 Å². The van der Waals surface area contributed by atoms with Gasteiger partial charge in [0.1, 0.15) is 5.75 Å². The van der Waals surface area contributed by atoms with Crippen molar-refractivity contribution in [1.29, 1.82) is 0 Å². The first-order valence-corrected chi connectivity index (χ1v) is 4.17. The number of likely N-dealkylation sites (N-methyl/N-ethyl adjacent to an activating group) is 1. The molecule has 2 nitrogen and oxygen atoms in total. The zero-order chi connectivity index (χ0) is 8.97. The van der Waals surface area contributed by atoms with Crippen LogP contribution in [0.3, 0.4) is 0 Å². The molecular weight excluding hydrogens is 150 g/mol. The molecule has 12 heavy (non-hydrogen) atoms. The lowest BCUT2D eigenvalue weighted by Gasteiger charge is -2.10. The number of hydrogen-bond acceptors (Lipinski definition) is 2. The topological polar surface area (TPSA) is 32.3 Å². The molecule has 0 heterocycles. The van der Waals surface area contributed by atoms with Gasteiger partial charge in [0.2, 0.25) is 0 Å². The molecular formula is C10H15NO. The summed E-state index contributed by atoms with van der Waals surface area (Å²) >= 11 is 0. The van der Waals surface area contributed by atoms with Gasteiger partial charge in [0.05, 0.1) is 0 Å². The van der Waals surface area contributed by atoms with Crippen LogP contribution in [0.2, 0.25) is 0 Å². The Kier molecular flexibility index (Phi) is 3.11. The van der Waals surface area contributed by atoms with Crippen LogP contribution < -0.4 is 5.32 Å². The fraction of sp³-hybridized carbons (Fsp3) is 0.400. The molecule has 1 atom stereocenters. The van der Waals surface area contributed by atoms with E-state index >= 15 is 0 Å². The van der Waals surface area contributed by atoms with Crippen LogP contribution in [0.15, 0.2) is 24.3 Å². The highest BCUT2D eigenvalue weighted by molar-refractivity contribution is 5.29. The van der Waals surface area contributed by atoms with Gasteiger partial charge in [-0.2, -0.15) is 0 Å². The Morgan fingerprint density at radius 1 is 1.50 bits per heavy atom. The number of rotatable bonds is 3. The summed E-state index contributed by atoms with van der Waals surface area (Å²) in [5, 5.41) is 12.3. The van der Waals surface area contributed by atoms with Crippen molar-refractivity contribution in [3.05, 3.63) is 29.8 Å². The number of nitrogens with one attached hydrogen (secondary N) is 1. The number of aromatic hydroxyl groups is 1. The zero-order valence-corrected chi connectivity index (χ0v) is 7.54. The molecule has 0 aliphatic carbocycles. The molecule has 2 N–H and O–H groups in total. The second-order valence-electron chi connectivity index (χ2n) is 3.05. The van der Waals surface area contributed by atoms with Gasteiger partial charge < -0.3 is 10.4 Å². The Hall–Kier alpha value is -1.02. The van der Waals surface area contributed by atoms with E-state index in [-0.39, 0.29) is 0 Å². The molecule has 0 aromatic heterocycles. The summed E-state index contributed by atoms with van der Waals surface area (Å²) in [5.74, 6) is 0.789. The second kappa shape index (κ2) is 4.12. The van der Waals surface area contributed by atoms with Crippen molar-refractivity contribution in [2.45, 2.75) is 12.8 Å². The van der Waals surface area contributed by atoms with Gasteiger partial charge in [0, 0.05) is 6.54 Å². The quantitative estimate of drug-likeness (QED) is 0.714. The van der Waals surface area contributed by atoms with E-state index in [1.54, 1.807) is 6.07 Å². The summed E-state index contributed by atoms with van der Waals surface area (Å²) < 4.78 is 0. The maximum atomic E-state index is 9.21. The van der Waals surface area contributed by atoms with Crippen molar-refractivity contribution >= 4 is 0 Å². The fourth-order valence-corrected chi connectivity index (χ4v) is 1.26. The molecule has 0 amide bonds. The van der Waals surface area contributed by atoms with Crippen molar-refractivity contribution in [2.75, 3.05) is 13.6 Å². The Balaban J connectivity index is 2.73. The van der Waals surface area contributed by atoms with Crippen molar-refractivity contribution in [3.8, 4) is 5.75 Å². The predicted octanol–water partition coefficient (Wildman–Crippen LogP) is 1.72. The summed E-state index contributed by atoms with van der Waals surface area (Å²) in [4.78, 5) is 0. The molecule has 0 aliphatic rings. The highest BCUT2D eigenvalue weighted by Gasteiger charge is 2.03. The first-order valence-electron chi connectivity index (χ1n) is 4.17. The van der Waals surface area contributed by atoms with Crippen molar-refractivity contribution < 1.29 is 5.11 Å². The molecule has 66 valence electrons. The van der Waals surface area contributed by atoms with Gasteiger partial charge in [0.15, 0.2) is 0 Å². The van der Waals surface area contributed by atoms with E-state index in [4.69, 9.17) is 0 Å². The minimum absolute atomic E-state index is 0.343. The molecule has 1 aromatic carbocycles. The Labute approximate surface area is 73.2 Å². The molecule has 0 saturated carbocycles. The van der Waals surface area contributed by atoms with E-state index < -0.39 is 0 Å². The average Bonchev–Trinajstić information content (AvgIpc) is 2.05. The molecule has 0 bridgehead atoms. The van der Waals surface area contributed by atoms with Gasteiger partial charge in [-0.05, 0) is 30.7 Å². The predicted molar refractivity (Wildman–Crippen MR) is 50.4 cm³/mol. The van der Waals surface area contributed by atoms with E-state index in [2.05, 4.69) is 12.2 Å². The van der Waals surface area contributed by atoms with Crippen molar-refractivity contribution in [1.82, 2.24) is 5.32 Å². The first-order chi connectivity index (χ1) is 5.74. The maximum absolute atomic E-state index is 9.21. The van der Waals surface area contributed by atoms with Gasteiger partial charge in [-0.1, -0.05) is 19.1 Å². The van der Waals surface area contributed by atoms with Crippen LogP contribution in [0.5, 0.6) is 5.75 Å². The normalized spacial score (nSPS) is 12.8. The Bertz CT molecular complexity index is 247. The molecule has 1 unspecified atom stereocenters. The van der Waals surface area contributed by atoms with Crippen LogP contribution in [0.1, 0.15) is 18.4 Å². The van der Waals surface area contributed by atoms with Gasteiger partial charge in [-0.3, -0.25) is 0 Å². The molecule has 0 fully saturated rings. The monoisotopic (exact) mass is 165 g/mol. The highest BCUT2D eigenvalue weighted by Crippen LogP contribution is 2.18. The zero-order valence-electron chi connectivity index (χ0n) is 7.54. The minimum atomic E-state index is 0.343. The molecule has 2 heteroatoms. The van der Waals surface area contributed by atoms with Crippen molar-refractivity contribution in [3.63, 3.8) is 0 Å². The minimum Gasteiger partial charge on any atom is -0.508 e. The van der Waals surface area contributed by atoms with Crippen LogP contribution in [0.25, 0.3) is 0 Å². The summed E-state index contributed by atoms with van der Waals surface area (Å²) in [7, 11) is 1.93. The second-order valence-corrected chi connectivity index (χ2v) is 3.05. The standard InChI is InChI=1S/C10H15NO/c1-8(7-11-2)9-4-3-5-10(12)6-9/h3-6,8,11-12H,7H2,1-2H3. The van der Waals surface area contributed by atoms with Gasteiger partial charge >= 0.3 is 0 Å². The van der Waals surface area contributed by atoms with Crippen LogP contribution in [0.4, 0.5) is 0 Å². The lowest BCUT2D eigenvalue weighted by atomic mass is 10.0. The lowest BCUT2D eigenvalue weighted by Crippen LogP contribution is -2.14. The molecule has 0 radical (unpaired) electrons. The summed E-state index contributed by atoms with van der Waals surface area (Å²) in [6.45, 7) is 3.06. The van der Waals surface area contributed by atoms with Gasteiger partial charge in [-0.25, -0.2) is 0 Å². The lowest BCUT2D eigenvalue weighted by molar-refractivity contribution is 0.473.